The highest BCUT2D eigenvalue weighted by molar-refractivity contribution is 14.1. The zero-order valence-corrected chi connectivity index (χ0v) is 13.8. The van der Waals surface area contributed by atoms with E-state index in [1.54, 1.807) is 0 Å². The molecule has 0 saturated heterocycles. The standard InChI is InChI=1S/C15H14BrIO/c1-10-3-2-4-13(15(10)16)14(18)9-11-5-7-12(17)8-6-11/h2-8,14,18H,9H2,1H3. The molecular weight excluding hydrogens is 403 g/mol. The second-order valence-corrected chi connectivity index (χ2v) is 6.36. The maximum Gasteiger partial charge on any atom is 0.0841 e. The summed E-state index contributed by atoms with van der Waals surface area (Å²) >= 11 is 5.83. The van der Waals surface area contributed by atoms with Crippen molar-refractivity contribution in [1.29, 1.82) is 0 Å². The van der Waals surface area contributed by atoms with Crippen LogP contribution in [-0.2, 0) is 6.42 Å². The van der Waals surface area contributed by atoms with E-state index < -0.39 is 6.10 Å². The van der Waals surface area contributed by atoms with E-state index in [0.717, 1.165) is 21.2 Å². The van der Waals surface area contributed by atoms with Gasteiger partial charge in [0.15, 0.2) is 0 Å². The van der Waals surface area contributed by atoms with E-state index in [-0.39, 0.29) is 0 Å². The Kier molecular flexibility index (Phi) is 4.81. The predicted octanol–water partition coefficient (Wildman–Crippen LogP) is 4.64. The van der Waals surface area contributed by atoms with Crippen LogP contribution in [0.4, 0.5) is 0 Å². The number of rotatable bonds is 3. The van der Waals surface area contributed by atoms with Gasteiger partial charge in [0.1, 0.15) is 0 Å². The van der Waals surface area contributed by atoms with Crippen LogP contribution >= 0.6 is 38.5 Å². The van der Waals surface area contributed by atoms with Crippen LogP contribution in [0.2, 0.25) is 0 Å². The van der Waals surface area contributed by atoms with Crippen molar-refractivity contribution >= 4 is 38.5 Å². The van der Waals surface area contributed by atoms with E-state index in [9.17, 15) is 5.11 Å². The number of aliphatic hydroxyl groups is 1. The summed E-state index contributed by atoms with van der Waals surface area (Å²) in [7, 11) is 0. The lowest BCUT2D eigenvalue weighted by Crippen LogP contribution is -2.03. The number of halogens is 2. The lowest BCUT2D eigenvalue weighted by atomic mass is 10.0. The molecule has 0 aliphatic heterocycles. The Hall–Kier alpha value is -0.390. The third kappa shape index (κ3) is 3.33. The normalized spacial score (nSPS) is 12.4. The summed E-state index contributed by atoms with van der Waals surface area (Å²) in [5.41, 5.74) is 3.25. The van der Waals surface area contributed by atoms with Crippen LogP contribution in [0.5, 0.6) is 0 Å². The number of benzene rings is 2. The Morgan fingerprint density at radius 2 is 1.83 bits per heavy atom. The van der Waals surface area contributed by atoms with Gasteiger partial charge < -0.3 is 5.11 Å². The lowest BCUT2D eigenvalue weighted by Gasteiger charge is -2.14. The molecule has 2 aromatic carbocycles. The first-order valence-electron chi connectivity index (χ1n) is 5.75. The first-order valence-corrected chi connectivity index (χ1v) is 7.62. The molecule has 3 heteroatoms. The Labute approximate surface area is 130 Å². The molecule has 1 atom stereocenters. The Balaban J connectivity index is 2.19. The molecule has 2 rings (SSSR count). The molecule has 0 aromatic heterocycles. The monoisotopic (exact) mass is 416 g/mol. The van der Waals surface area contributed by atoms with Gasteiger partial charge in [-0.3, -0.25) is 0 Å². The van der Waals surface area contributed by atoms with Gasteiger partial charge in [0.25, 0.3) is 0 Å². The van der Waals surface area contributed by atoms with Gasteiger partial charge in [-0.25, -0.2) is 0 Å². The van der Waals surface area contributed by atoms with Gasteiger partial charge in [-0.05, 0) is 58.3 Å². The molecule has 0 bridgehead atoms. The van der Waals surface area contributed by atoms with Crippen LogP contribution in [0.1, 0.15) is 22.8 Å². The molecule has 0 aliphatic rings. The van der Waals surface area contributed by atoms with Crippen molar-refractivity contribution in [2.45, 2.75) is 19.4 Å². The lowest BCUT2D eigenvalue weighted by molar-refractivity contribution is 0.177. The number of hydrogen-bond donors (Lipinski definition) is 1. The average Bonchev–Trinajstić information content (AvgIpc) is 2.35. The summed E-state index contributed by atoms with van der Waals surface area (Å²) in [6.45, 7) is 2.03. The molecule has 1 N–H and O–H groups in total. The van der Waals surface area contributed by atoms with E-state index in [0.29, 0.717) is 6.42 Å². The quantitative estimate of drug-likeness (QED) is 0.722. The predicted molar refractivity (Wildman–Crippen MR) is 86.7 cm³/mol. The molecule has 0 amide bonds. The van der Waals surface area contributed by atoms with E-state index in [4.69, 9.17) is 0 Å². The summed E-state index contributed by atoms with van der Waals surface area (Å²) in [4.78, 5) is 0. The molecule has 0 heterocycles. The topological polar surface area (TPSA) is 20.2 Å². The molecule has 94 valence electrons. The Morgan fingerprint density at radius 3 is 2.50 bits per heavy atom. The Morgan fingerprint density at radius 1 is 1.17 bits per heavy atom. The fourth-order valence-corrected chi connectivity index (χ4v) is 2.77. The zero-order valence-electron chi connectivity index (χ0n) is 10.0. The second kappa shape index (κ2) is 6.17. The number of aryl methyl sites for hydroxylation is 1. The fourth-order valence-electron chi connectivity index (χ4n) is 1.88. The molecule has 0 saturated carbocycles. The summed E-state index contributed by atoms with van der Waals surface area (Å²) in [6.07, 6.45) is 0.165. The Bertz CT molecular complexity index is 537. The molecule has 0 spiro atoms. The van der Waals surface area contributed by atoms with Crippen LogP contribution < -0.4 is 0 Å². The highest BCUT2D eigenvalue weighted by atomic mass is 127. The minimum Gasteiger partial charge on any atom is -0.388 e. The molecule has 0 aliphatic carbocycles. The van der Waals surface area contributed by atoms with Crippen LogP contribution in [0.15, 0.2) is 46.9 Å². The highest BCUT2D eigenvalue weighted by Crippen LogP contribution is 2.28. The maximum atomic E-state index is 10.3. The van der Waals surface area contributed by atoms with E-state index in [1.165, 1.54) is 3.57 Å². The number of aliphatic hydroxyl groups excluding tert-OH is 1. The van der Waals surface area contributed by atoms with Gasteiger partial charge in [-0.1, -0.05) is 46.3 Å². The highest BCUT2D eigenvalue weighted by Gasteiger charge is 2.13. The summed E-state index contributed by atoms with van der Waals surface area (Å²) in [5.74, 6) is 0. The van der Waals surface area contributed by atoms with E-state index in [1.807, 2.05) is 25.1 Å². The van der Waals surface area contributed by atoms with Gasteiger partial charge >= 0.3 is 0 Å². The molecular formula is C15H14BrIO. The first kappa shape index (κ1) is 14.0. The van der Waals surface area contributed by atoms with Gasteiger partial charge in [0, 0.05) is 14.5 Å². The van der Waals surface area contributed by atoms with Gasteiger partial charge in [0.2, 0.25) is 0 Å². The molecule has 2 aromatic rings. The summed E-state index contributed by atoms with van der Waals surface area (Å²) < 4.78 is 2.21. The van der Waals surface area contributed by atoms with Crippen molar-refractivity contribution < 1.29 is 5.11 Å². The molecule has 0 fully saturated rings. The van der Waals surface area contributed by atoms with Crippen molar-refractivity contribution in [3.8, 4) is 0 Å². The van der Waals surface area contributed by atoms with Crippen LogP contribution in [0.25, 0.3) is 0 Å². The van der Waals surface area contributed by atoms with E-state index >= 15 is 0 Å². The van der Waals surface area contributed by atoms with Crippen molar-refractivity contribution in [2.24, 2.45) is 0 Å². The minimum atomic E-state index is -0.473. The van der Waals surface area contributed by atoms with Crippen molar-refractivity contribution in [2.75, 3.05) is 0 Å². The summed E-state index contributed by atoms with van der Waals surface area (Å²) in [5, 5.41) is 10.3. The van der Waals surface area contributed by atoms with Gasteiger partial charge in [0.05, 0.1) is 6.10 Å². The van der Waals surface area contributed by atoms with Gasteiger partial charge in [-0.15, -0.1) is 0 Å². The van der Waals surface area contributed by atoms with Crippen LogP contribution in [0.3, 0.4) is 0 Å². The fraction of sp³-hybridized carbons (Fsp3) is 0.200. The van der Waals surface area contributed by atoms with E-state index in [2.05, 4.69) is 62.8 Å². The smallest absolute Gasteiger partial charge is 0.0841 e. The van der Waals surface area contributed by atoms with Crippen molar-refractivity contribution in [3.05, 3.63) is 67.2 Å². The zero-order chi connectivity index (χ0) is 13.1. The molecule has 1 unspecified atom stereocenters. The van der Waals surface area contributed by atoms with Crippen LogP contribution in [0, 0.1) is 10.5 Å². The largest absolute Gasteiger partial charge is 0.388 e. The number of hydrogen-bond acceptors (Lipinski definition) is 1. The maximum absolute atomic E-state index is 10.3. The van der Waals surface area contributed by atoms with Crippen molar-refractivity contribution in [1.82, 2.24) is 0 Å². The first-order chi connectivity index (χ1) is 8.58. The summed E-state index contributed by atoms with van der Waals surface area (Å²) in [6, 6.07) is 14.2. The molecule has 1 nitrogen and oxygen atoms in total. The SMILES string of the molecule is Cc1cccc(C(O)Cc2ccc(I)cc2)c1Br. The second-order valence-electron chi connectivity index (χ2n) is 4.32. The molecule has 0 radical (unpaired) electrons. The third-order valence-corrected chi connectivity index (χ3v) is 4.73. The minimum absolute atomic E-state index is 0.473. The third-order valence-electron chi connectivity index (χ3n) is 2.92. The van der Waals surface area contributed by atoms with Crippen LogP contribution in [-0.4, -0.2) is 5.11 Å². The van der Waals surface area contributed by atoms with Crippen molar-refractivity contribution in [3.63, 3.8) is 0 Å². The average molecular weight is 417 g/mol. The van der Waals surface area contributed by atoms with Gasteiger partial charge in [-0.2, -0.15) is 0 Å². The molecule has 18 heavy (non-hydrogen) atoms.